The number of hydrogen-bond acceptors (Lipinski definition) is 3. The van der Waals surface area contributed by atoms with Gasteiger partial charge in [0.15, 0.2) is 5.82 Å². The molecule has 3 nitrogen and oxygen atoms in total. The number of halogens is 1. The summed E-state index contributed by atoms with van der Waals surface area (Å²) in [6.45, 7) is 4.73. The van der Waals surface area contributed by atoms with Crippen LogP contribution in [0.5, 0.6) is 0 Å². The molecule has 2 aliphatic carbocycles. The zero-order valence-electron chi connectivity index (χ0n) is 34.8. The maximum absolute atomic E-state index is 6.45. The average molecular weight is 826 g/mol. The van der Waals surface area contributed by atoms with Gasteiger partial charge in [0, 0.05) is 27.1 Å². The average Bonchev–Trinajstić information content (AvgIpc) is 3.63. The third-order valence-electron chi connectivity index (χ3n) is 13.5. The van der Waals surface area contributed by atoms with E-state index in [1.807, 2.05) is 24.3 Å². The Balaban J connectivity index is 1.10. The molecule has 4 heteroatoms. The number of benzene rings is 9. The van der Waals surface area contributed by atoms with Crippen molar-refractivity contribution in [3.63, 3.8) is 0 Å². The van der Waals surface area contributed by atoms with Gasteiger partial charge in [0.05, 0.1) is 5.41 Å². The van der Waals surface area contributed by atoms with Gasteiger partial charge in [0.1, 0.15) is 11.4 Å². The van der Waals surface area contributed by atoms with Gasteiger partial charge in [-0.25, -0.2) is 4.98 Å². The second-order valence-corrected chi connectivity index (χ2v) is 17.8. The van der Waals surface area contributed by atoms with E-state index in [9.17, 15) is 0 Å². The fraction of sp³-hybridized carbons (Fsp3) is 0.0678. The minimum atomic E-state index is -0.546. The Bertz CT molecular complexity index is 3420. The molecule has 0 saturated heterocycles. The Morgan fingerprint density at radius 3 is 1.60 bits per heavy atom. The molecule has 63 heavy (non-hydrogen) atoms. The summed E-state index contributed by atoms with van der Waals surface area (Å²) in [4.78, 5) is 5.51. The zero-order chi connectivity index (χ0) is 42.3. The summed E-state index contributed by atoms with van der Waals surface area (Å²) in [5.74, 6) is 0.553. The molecular weight excluding hydrogens is 786 g/mol. The Labute approximate surface area is 372 Å². The molecule has 0 aliphatic heterocycles. The van der Waals surface area contributed by atoms with E-state index >= 15 is 0 Å². The predicted octanol–water partition coefficient (Wildman–Crippen LogP) is 15.0. The summed E-state index contributed by atoms with van der Waals surface area (Å²) >= 11 is 6.45. The molecule has 0 atom stereocenters. The van der Waals surface area contributed by atoms with E-state index in [-0.39, 0.29) is 5.41 Å². The maximum Gasteiger partial charge on any atom is 0.182 e. The van der Waals surface area contributed by atoms with Crippen LogP contribution < -0.4 is 0 Å². The van der Waals surface area contributed by atoms with Crippen LogP contribution in [0.25, 0.3) is 78.1 Å². The lowest BCUT2D eigenvalue weighted by Gasteiger charge is -2.46. The van der Waals surface area contributed by atoms with Gasteiger partial charge in [-0.05, 0) is 114 Å². The Morgan fingerprint density at radius 2 is 0.873 bits per heavy atom. The lowest BCUT2D eigenvalue weighted by Crippen LogP contribution is -2.40. The molecule has 12 rings (SSSR count). The van der Waals surface area contributed by atoms with Crippen molar-refractivity contribution in [1.29, 1.82) is 0 Å². The molecule has 1 spiro atoms. The molecule has 1 heterocycles. The molecule has 1 aromatic heterocycles. The molecule has 2 aliphatic rings. The minimum absolute atomic E-state index is 0.192. The largest absolute Gasteiger partial charge is 0.224 e. The normalized spacial score (nSPS) is 13.9. The van der Waals surface area contributed by atoms with Gasteiger partial charge in [-0.1, -0.05) is 195 Å². The van der Waals surface area contributed by atoms with Crippen molar-refractivity contribution in [3.05, 3.63) is 245 Å². The van der Waals surface area contributed by atoms with Gasteiger partial charge in [-0.2, -0.15) is 0 Å². The van der Waals surface area contributed by atoms with E-state index in [2.05, 4.69) is 196 Å². The summed E-state index contributed by atoms with van der Waals surface area (Å²) in [5.41, 5.74) is 18.2. The highest BCUT2D eigenvalue weighted by Crippen LogP contribution is 2.62. The fourth-order valence-electron chi connectivity index (χ4n) is 10.6. The summed E-state index contributed by atoms with van der Waals surface area (Å²) in [7, 11) is 0. The maximum atomic E-state index is 6.45. The minimum Gasteiger partial charge on any atom is -0.224 e. The first-order valence-corrected chi connectivity index (χ1v) is 21.9. The Hall–Kier alpha value is -7.46. The van der Waals surface area contributed by atoms with Gasteiger partial charge in [0.25, 0.3) is 0 Å². The smallest absolute Gasteiger partial charge is 0.182 e. The fourth-order valence-corrected chi connectivity index (χ4v) is 10.8. The van der Waals surface area contributed by atoms with Crippen LogP contribution in [0.1, 0.15) is 47.2 Å². The van der Waals surface area contributed by atoms with Crippen LogP contribution >= 0.6 is 11.6 Å². The van der Waals surface area contributed by atoms with Crippen molar-refractivity contribution < 1.29 is 0 Å². The van der Waals surface area contributed by atoms with Crippen LogP contribution in [-0.4, -0.2) is 15.2 Å². The first kappa shape index (κ1) is 37.3. The molecule has 10 aromatic rings. The van der Waals surface area contributed by atoms with Crippen molar-refractivity contribution in [3.8, 4) is 67.3 Å². The standard InChI is InChI=1S/C59H40ClN3/c1-58(2)50-24-7-9-26-52(50)59(53-27-10-8-25-51(53)58)49-23-6-5-22-47(49)48-31-30-44(36-54(48)59)55-56(43-19-11-16-39(33-43)42-29-28-37-14-3-4-15-38(37)32-42)62-63-57(61-55)45-20-12-17-40(34-45)41-18-13-21-46(60)35-41/h3-36H,1-2H3. The molecule has 0 N–H and O–H groups in total. The van der Waals surface area contributed by atoms with E-state index in [4.69, 9.17) is 26.8 Å². The number of rotatable bonds is 5. The van der Waals surface area contributed by atoms with Crippen molar-refractivity contribution >= 4 is 22.4 Å². The SMILES string of the molecule is CC1(C)c2ccccc2C2(c3ccccc3-c3ccc(-c4nc(-c5cccc(-c6cccc(Cl)c6)c5)nnc4-c4cccc(-c5ccc6ccccc6c5)c4)cc32)c2ccccc21. The van der Waals surface area contributed by atoms with Crippen LogP contribution in [-0.2, 0) is 10.8 Å². The molecule has 0 fully saturated rings. The van der Waals surface area contributed by atoms with E-state index in [0.29, 0.717) is 10.8 Å². The van der Waals surface area contributed by atoms with Crippen molar-refractivity contribution in [2.24, 2.45) is 0 Å². The predicted molar refractivity (Wildman–Crippen MR) is 259 cm³/mol. The molecule has 0 amide bonds. The number of aromatic nitrogens is 3. The topological polar surface area (TPSA) is 38.7 Å². The Morgan fingerprint density at radius 1 is 0.349 bits per heavy atom. The lowest BCUT2D eigenvalue weighted by molar-refractivity contribution is 0.563. The van der Waals surface area contributed by atoms with Crippen molar-refractivity contribution in [2.75, 3.05) is 0 Å². The summed E-state index contributed by atoms with van der Waals surface area (Å²) in [6, 6.07) is 74.1. The van der Waals surface area contributed by atoms with Gasteiger partial charge in [-0.15, -0.1) is 10.2 Å². The summed E-state index contributed by atoms with van der Waals surface area (Å²) < 4.78 is 0. The third kappa shape index (κ3) is 5.77. The van der Waals surface area contributed by atoms with Crippen molar-refractivity contribution in [2.45, 2.75) is 24.7 Å². The molecule has 0 unspecified atom stereocenters. The van der Waals surface area contributed by atoms with Crippen molar-refractivity contribution in [1.82, 2.24) is 15.2 Å². The summed E-state index contributed by atoms with van der Waals surface area (Å²) in [5, 5.41) is 13.1. The van der Waals surface area contributed by atoms with E-state index in [1.54, 1.807) is 0 Å². The highest BCUT2D eigenvalue weighted by Gasteiger charge is 2.53. The molecule has 0 saturated carbocycles. The van der Waals surface area contributed by atoms with Gasteiger partial charge in [-0.3, -0.25) is 0 Å². The second kappa shape index (κ2) is 14.3. The highest BCUT2D eigenvalue weighted by atomic mass is 35.5. The number of hydrogen-bond donors (Lipinski definition) is 0. The first-order valence-electron chi connectivity index (χ1n) is 21.5. The van der Waals surface area contributed by atoms with E-state index in [1.165, 1.54) is 55.3 Å². The van der Waals surface area contributed by atoms with Crippen LogP contribution in [0.4, 0.5) is 0 Å². The number of fused-ring (bicyclic) bond motifs is 10. The van der Waals surface area contributed by atoms with Crippen LogP contribution in [0.2, 0.25) is 5.02 Å². The lowest BCUT2D eigenvalue weighted by atomic mass is 9.55. The highest BCUT2D eigenvalue weighted by molar-refractivity contribution is 6.30. The van der Waals surface area contributed by atoms with Gasteiger partial charge >= 0.3 is 0 Å². The zero-order valence-corrected chi connectivity index (χ0v) is 35.6. The molecule has 0 radical (unpaired) electrons. The van der Waals surface area contributed by atoms with E-state index in [0.717, 1.165) is 50.3 Å². The molecule has 9 aromatic carbocycles. The molecule has 298 valence electrons. The van der Waals surface area contributed by atoms with Crippen LogP contribution in [0, 0.1) is 0 Å². The van der Waals surface area contributed by atoms with Gasteiger partial charge < -0.3 is 0 Å². The number of nitrogens with zero attached hydrogens (tertiary/aromatic N) is 3. The van der Waals surface area contributed by atoms with Gasteiger partial charge in [0.2, 0.25) is 0 Å². The van der Waals surface area contributed by atoms with Crippen LogP contribution in [0.15, 0.2) is 206 Å². The monoisotopic (exact) mass is 825 g/mol. The Kier molecular flexibility index (Phi) is 8.47. The molecule has 0 bridgehead atoms. The van der Waals surface area contributed by atoms with Crippen LogP contribution in [0.3, 0.4) is 0 Å². The first-order chi connectivity index (χ1) is 30.9. The second-order valence-electron chi connectivity index (χ2n) is 17.3. The molecular formula is C59H40ClN3. The third-order valence-corrected chi connectivity index (χ3v) is 13.7. The summed E-state index contributed by atoms with van der Waals surface area (Å²) in [6.07, 6.45) is 0. The quantitative estimate of drug-likeness (QED) is 0.173. The van der Waals surface area contributed by atoms with E-state index < -0.39 is 5.41 Å².